The molecule has 26 heavy (non-hydrogen) atoms. The number of benzene rings is 2. The van der Waals surface area contributed by atoms with Gasteiger partial charge in [-0.25, -0.2) is 0 Å². The van der Waals surface area contributed by atoms with E-state index in [1.807, 2.05) is 0 Å². The summed E-state index contributed by atoms with van der Waals surface area (Å²) in [5.74, 6) is -1.16. The number of thioether (sulfide) groups is 1. The SMILES string of the molecule is CC1(C(=O)NCc2ccccc2C(F)(F)F)Sc2ccccc2NC1=O. The van der Waals surface area contributed by atoms with E-state index in [2.05, 4.69) is 10.6 Å². The summed E-state index contributed by atoms with van der Waals surface area (Å²) in [6, 6.07) is 12.0. The summed E-state index contributed by atoms with van der Waals surface area (Å²) >= 11 is 1.07. The van der Waals surface area contributed by atoms with E-state index in [1.165, 1.54) is 25.1 Å². The van der Waals surface area contributed by atoms with Crippen LogP contribution in [-0.2, 0) is 22.3 Å². The Balaban J connectivity index is 1.78. The summed E-state index contributed by atoms with van der Waals surface area (Å²) in [5.41, 5.74) is -0.259. The number of amides is 2. The number of carbonyl (C=O) groups is 2. The first-order chi connectivity index (χ1) is 12.2. The highest BCUT2D eigenvalue weighted by Crippen LogP contribution is 2.42. The predicted molar refractivity (Wildman–Crippen MR) is 92.6 cm³/mol. The summed E-state index contributed by atoms with van der Waals surface area (Å²) in [6.45, 7) is 1.13. The van der Waals surface area contributed by atoms with E-state index in [1.54, 1.807) is 24.3 Å². The highest BCUT2D eigenvalue weighted by molar-refractivity contribution is 8.02. The highest BCUT2D eigenvalue weighted by Gasteiger charge is 2.45. The van der Waals surface area contributed by atoms with Gasteiger partial charge in [0.05, 0.1) is 11.3 Å². The van der Waals surface area contributed by atoms with Crippen molar-refractivity contribution in [1.82, 2.24) is 5.32 Å². The number of alkyl halides is 3. The molecule has 0 aromatic heterocycles. The van der Waals surface area contributed by atoms with Crippen molar-refractivity contribution in [3.05, 3.63) is 59.7 Å². The number of anilines is 1. The number of carbonyl (C=O) groups excluding carboxylic acids is 2. The van der Waals surface area contributed by atoms with E-state index >= 15 is 0 Å². The Labute approximate surface area is 152 Å². The molecule has 8 heteroatoms. The zero-order valence-electron chi connectivity index (χ0n) is 13.7. The lowest BCUT2D eigenvalue weighted by molar-refractivity contribution is -0.138. The van der Waals surface area contributed by atoms with Gasteiger partial charge in [0.15, 0.2) is 4.75 Å². The van der Waals surface area contributed by atoms with Gasteiger partial charge in [-0.1, -0.05) is 42.1 Å². The Kier molecular flexibility index (Phi) is 4.70. The summed E-state index contributed by atoms with van der Waals surface area (Å²) in [5, 5.41) is 5.13. The quantitative estimate of drug-likeness (QED) is 0.796. The summed E-state index contributed by atoms with van der Waals surface area (Å²) < 4.78 is 37.7. The average Bonchev–Trinajstić information content (AvgIpc) is 2.60. The minimum Gasteiger partial charge on any atom is -0.350 e. The van der Waals surface area contributed by atoms with E-state index in [0.717, 1.165) is 22.7 Å². The zero-order valence-corrected chi connectivity index (χ0v) is 14.5. The third kappa shape index (κ3) is 3.41. The van der Waals surface area contributed by atoms with Gasteiger partial charge in [0.25, 0.3) is 0 Å². The molecule has 1 unspecified atom stereocenters. The summed E-state index contributed by atoms with van der Waals surface area (Å²) in [7, 11) is 0. The van der Waals surface area contributed by atoms with E-state index in [9.17, 15) is 22.8 Å². The molecule has 1 heterocycles. The molecule has 0 bridgehead atoms. The fourth-order valence-corrected chi connectivity index (χ4v) is 3.74. The minimum atomic E-state index is -4.51. The van der Waals surface area contributed by atoms with Gasteiger partial charge in [-0.3, -0.25) is 9.59 Å². The van der Waals surface area contributed by atoms with Crippen LogP contribution in [0.25, 0.3) is 0 Å². The maximum Gasteiger partial charge on any atom is 0.416 e. The van der Waals surface area contributed by atoms with Crippen LogP contribution in [0, 0.1) is 0 Å². The summed E-state index contributed by atoms with van der Waals surface area (Å²) in [6.07, 6.45) is -4.51. The van der Waals surface area contributed by atoms with Crippen LogP contribution < -0.4 is 10.6 Å². The van der Waals surface area contributed by atoms with Gasteiger partial charge in [-0.05, 0) is 30.7 Å². The lowest BCUT2D eigenvalue weighted by Crippen LogP contribution is -2.51. The Hall–Kier alpha value is -2.48. The molecule has 0 radical (unpaired) electrons. The Bertz CT molecular complexity index is 870. The Morgan fingerprint density at radius 3 is 2.54 bits per heavy atom. The molecule has 0 saturated heterocycles. The van der Waals surface area contributed by atoms with Gasteiger partial charge >= 0.3 is 6.18 Å². The third-order valence-electron chi connectivity index (χ3n) is 4.08. The summed E-state index contributed by atoms with van der Waals surface area (Å²) in [4.78, 5) is 25.7. The van der Waals surface area contributed by atoms with Crippen molar-refractivity contribution < 1.29 is 22.8 Å². The van der Waals surface area contributed by atoms with Gasteiger partial charge in [0.2, 0.25) is 11.8 Å². The van der Waals surface area contributed by atoms with Crippen molar-refractivity contribution in [2.75, 3.05) is 5.32 Å². The Morgan fingerprint density at radius 2 is 1.81 bits per heavy atom. The number of para-hydroxylation sites is 1. The molecule has 1 aliphatic heterocycles. The van der Waals surface area contributed by atoms with Crippen LogP contribution in [0.3, 0.4) is 0 Å². The maximum atomic E-state index is 13.0. The molecular weight excluding hydrogens is 365 g/mol. The Morgan fingerprint density at radius 1 is 1.15 bits per heavy atom. The fourth-order valence-electron chi connectivity index (χ4n) is 2.61. The van der Waals surface area contributed by atoms with Crippen LogP contribution in [0.2, 0.25) is 0 Å². The lowest BCUT2D eigenvalue weighted by Gasteiger charge is -2.31. The van der Waals surface area contributed by atoms with Gasteiger partial charge < -0.3 is 10.6 Å². The molecule has 3 rings (SSSR count). The number of halogens is 3. The van der Waals surface area contributed by atoms with Crippen molar-refractivity contribution in [1.29, 1.82) is 0 Å². The molecule has 2 amide bonds. The van der Waals surface area contributed by atoms with Crippen molar-refractivity contribution in [2.45, 2.75) is 29.3 Å². The highest BCUT2D eigenvalue weighted by atomic mass is 32.2. The molecule has 2 aromatic rings. The van der Waals surface area contributed by atoms with Crippen molar-refractivity contribution >= 4 is 29.3 Å². The van der Waals surface area contributed by atoms with Crippen LogP contribution >= 0.6 is 11.8 Å². The van der Waals surface area contributed by atoms with E-state index < -0.39 is 28.3 Å². The zero-order chi connectivity index (χ0) is 18.9. The lowest BCUT2D eigenvalue weighted by atomic mass is 10.1. The minimum absolute atomic E-state index is 0.0569. The van der Waals surface area contributed by atoms with Gasteiger partial charge in [-0.15, -0.1) is 0 Å². The second kappa shape index (κ2) is 6.68. The number of hydrogen-bond donors (Lipinski definition) is 2. The first-order valence-corrected chi connectivity index (χ1v) is 8.56. The first-order valence-electron chi connectivity index (χ1n) is 7.75. The maximum absolute atomic E-state index is 13.0. The van der Waals surface area contributed by atoms with E-state index in [4.69, 9.17) is 0 Å². The average molecular weight is 380 g/mol. The van der Waals surface area contributed by atoms with Crippen LogP contribution in [0.4, 0.5) is 18.9 Å². The van der Waals surface area contributed by atoms with E-state index in [-0.39, 0.29) is 12.1 Å². The van der Waals surface area contributed by atoms with Crippen LogP contribution in [0.15, 0.2) is 53.4 Å². The van der Waals surface area contributed by atoms with Crippen molar-refractivity contribution in [2.24, 2.45) is 0 Å². The third-order valence-corrected chi connectivity index (χ3v) is 5.43. The largest absolute Gasteiger partial charge is 0.416 e. The molecule has 0 aliphatic carbocycles. The van der Waals surface area contributed by atoms with Crippen molar-refractivity contribution in [3.8, 4) is 0 Å². The molecule has 4 nitrogen and oxygen atoms in total. The number of fused-ring (bicyclic) bond motifs is 1. The molecule has 0 fully saturated rings. The monoisotopic (exact) mass is 380 g/mol. The second-order valence-corrected chi connectivity index (χ2v) is 7.38. The topological polar surface area (TPSA) is 58.2 Å². The number of nitrogens with one attached hydrogen (secondary N) is 2. The molecule has 1 aliphatic rings. The van der Waals surface area contributed by atoms with Crippen LogP contribution in [0.1, 0.15) is 18.1 Å². The molecular formula is C18H15F3N2O2S. The first kappa shape index (κ1) is 18.3. The van der Waals surface area contributed by atoms with E-state index in [0.29, 0.717) is 5.69 Å². The molecule has 0 saturated carbocycles. The van der Waals surface area contributed by atoms with Gasteiger partial charge in [0.1, 0.15) is 0 Å². The fraction of sp³-hybridized carbons (Fsp3) is 0.222. The number of rotatable bonds is 3. The van der Waals surface area contributed by atoms with Crippen LogP contribution in [0.5, 0.6) is 0 Å². The molecule has 2 N–H and O–H groups in total. The molecule has 0 spiro atoms. The molecule has 1 atom stereocenters. The van der Waals surface area contributed by atoms with Gasteiger partial charge in [-0.2, -0.15) is 13.2 Å². The second-order valence-electron chi connectivity index (χ2n) is 5.92. The normalized spacial score (nSPS) is 19.5. The predicted octanol–water partition coefficient (Wildman–Crippen LogP) is 3.82. The van der Waals surface area contributed by atoms with Crippen LogP contribution in [-0.4, -0.2) is 16.6 Å². The standard InChI is InChI=1S/C18H15F3N2O2S/c1-17(16(25)23-13-8-4-5-9-14(13)26-17)15(24)22-10-11-6-2-3-7-12(11)18(19,20)21/h2-9H,10H2,1H3,(H,22,24)(H,23,25). The molecule has 2 aromatic carbocycles. The smallest absolute Gasteiger partial charge is 0.350 e. The van der Waals surface area contributed by atoms with Gasteiger partial charge in [0, 0.05) is 11.4 Å². The number of hydrogen-bond acceptors (Lipinski definition) is 3. The molecule has 136 valence electrons. The van der Waals surface area contributed by atoms with Crippen molar-refractivity contribution in [3.63, 3.8) is 0 Å².